The summed E-state index contributed by atoms with van der Waals surface area (Å²) in [6.45, 7) is 5.29. The Labute approximate surface area is 202 Å². The smallest absolute Gasteiger partial charge is 0.220 e. The zero-order valence-corrected chi connectivity index (χ0v) is 21.2. The predicted molar refractivity (Wildman–Crippen MR) is 133 cm³/mol. The number of carbonyl (C=O) groups is 3. The molecule has 2 amide bonds. The van der Waals surface area contributed by atoms with E-state index in [1.165, 1.54) is 57.8 Å². The summed E-state index contributed by atoms with van der Waals surface area (Å²) in [5.41, 5.74) is 0. The van der Waals surface area contributed by atoms with Crippen LogP contribution >= 0.6 is 0 Å². The maximum atomic E-state index is 11.9. The number of aldehydes is 1. The van der Waals surface area contributed by atoms with Gasteiger partial charge >= 0.3 is 0 Å². The van der Waals surface area contributed by atoms with Gasteiger partial charge < -0.3 is 24.9 Å². The van der Waals surface area contributed by atoms with Crippen molar-refractivity contribution in [2.75, 3.05) is 39.5 Å². The zero-order chi connectivity index (χ0) is 24.2. The van der Waals surface area contributed by atoms with E-state index in [0.29, 0.717) is 65.2 Å². The van der Waals surface area contributed by atoms with E-state index in [2.05, 4.69) is 10.6 Å². The first kappa shape index (κ1) is 31.5. The van der Waals surface area contributed by atoms with E-state index in [1.54, 1.807) is 0 Å². The molecular weight excluding hydrogens is 420 g/mol. The van der Waals surface area contributed by atoms with Crippen molar-refractivity contribution in [3.05, 3.63) is 0 Å². The van der Waals surface area contributed by atoms with E-state index in [-0.39, 0.29) is 11.8 Å². The molecule has 0 radical (unpaired) electrons. The van der Waals surface area contributed by atoms with Crippen molar-refractivity contribution in [1.29, 1.82) is 0 Å². The second-order valence-electron chi connectivity index (χ2n) is 8.56. The minimum absolute atomic E-state index is 0.00718. The number of amides is 2. The molecule has 194 valence electrons. The lowest BCUT2D eigenvalue weighted by atomic mass is 10.0. The van der Waals surface area contributed by atoms with Gasteiger partial charge in [-0.3, -0.25) is 9.59 Å². The zero-order valence-electron chi connectivity index (χ0n) is 21.2. The van der Waals surface area contributed by atoms with Gasteiger partial charge in [0.25, 0.3) is 0 Å². The molecule has 0 heterocycles. The van der Waals surface area contributed by atoms with Gasteiger partial charge in [0.2, 0.25) is 11.8 Å². The Morgan fingerprint density at radius 1 is 0.606 bits per heavy atom. The summed E-state index contributed by atoms with van der Waals surface area (Å²) in [4.78, 5) is 33.8. The Hall–Kier alpha value is -1.47. The van der Waals surface area contributed by atoms with Crippen LogP contribution in [0.2, 0.25) is 0 Å². The molecule has 33 heavy (non-hydrogen) atoms. The van der Waals surface area contributed by atoms with Crippen LogP contribution in [0.3, 0.4) is 0 Å². The van der Waals surface area contributed by atoms with Crippen molar-refractivity contribution in [2.45, 2.75) is 110 Å². The molecule has 0 aromatic carbocycles. The topological polar surface area (TPSA) is 93.7 Å². The third-order valence-electron chi connectivity index (χ3n) is 5.52. The summed E-state index contributed by atoms with van der Waals surface area (Å²) < 4.78 is 10.5. The molecule has 0 fully saturated rings. The lowest BCUT2D eigenvalue weighted by Crippen LogP contribution is -2.29. The molecule has 0 aromatic rings. The highest BCUT2D eigenvalue weighted by Crippen LogP contribution is 2.12. The second kappa shape index (κ2) is 26.8. The van der Waals surface area contributed by atoms with Gasteiger partial charge in [-0.25, -0.2) is 0 Å². The third kappa shape index (κ3) is 26.7. The highest BCUT2D eigenvalue weighted by Gasteiger charge is 2.03. The van der Waals surface area contributed by atoms with Crippen LogP contribution in [0.5, 0.6) is 0 Å². The molecule has 0 aliphatic rings. The van der Waals surface area contributed by atoms with E-state index in [0.717, 1.165) is 25.5 Å². The van der Waals surface area contributed by atoms with E-state index >= 15 is 0 Å². The summed E-state index contributed by atoms with van der Waals surface area (Å²) >= 11 is 0. The fraction of sp³-hybridized carbons (Fsp3) is 0.885. The van der Waals surface area contributed by atoms with Gasteiger partial charge in [-0.1, -0.05) is 64.2 Å². The molecule has 0 rings (SSSR count). The molecule has 0 bridgehead atoms. The molecule has 0 spiro atoms. The Morgan fingerprint density at radius 2 is 1.09 bits per heavy atom. The molecule has 0 atom stereocenters. The van der Waals surface area contributed by atoms with Crippen LogP contribution in [0.4, 0.5) is 0 Å². The van der Waals surface area contributed by atoms with Crippen molar-refractivity contribution in [2.24, 2.45) is 0 Å². The minimum Gasteiger partial charge on any atom is -0.379 e. The Balaban J connectivity index is 3.27. The predicted octanol–water partition coefficient (Wildman–Crippen LogP) is 4.71. The molecule has 7 nitrogen and oxygen atoms in total. The lowest BCUT2D eigenvalue weighted by Gasteiger charge is -2.07. The average Bonchev–Trinajstić information content (AvgIpc) is 2.81. The highest BCUT2D eigenvalue weighted by molar-refractivity contribution is 5.77. The SMILES string of the molecule is CCOCCOCCNC(=O)CCCNC(=O)CCCCCCCCCCCCCCC=O. The monoisotopic (exact) mass is 470 g/mol. The van der Waals surface area contributed by atoms with Gasteiger partial charge in [0.1, 0.15) is 6.29 Å². The Morgan fingerprint density at radius 3 is 1.67 bits per heavy atom. The fourth-order valence-electron chi connectivity index (χ4n) is 3.56. The first-order valence-corrected chi connectivity index (χ1v) is 13.3. The van der Waals surface area contributed by atoms with Crippen molar-refractivity contribution < 1.29 is 23.9 Å². The first-order valence-electron chi connectivity index (χ1n) is 13.3. The lowest BCUT2D eigenvalue weighted by molar-refractivity contribution is -0.123. The van der Waals surface area contributed by atoms with E-state index in [1.807, 2.05) is 6.92 Å². The number of hydrogen-bond donors (Lipinski definition) is 2. The molecular formula is C26H50N2O5. The Kier molecular flexibility index (Phi) is 25.6. The number of rotatable bonds is 26. The molecule has 0 aromatic heterocycles. The van der Waals surface area contributed by atoms with Crippen LogP contribution < -0.4 is 10.6 Å². The van der Waals surface area contributed by atoms with Crippen LogP contribution in [-0.4, -0.2) is 57.6 Å². The van der Waals surface area contributed by atoms with Crippen LogP contribution in [-0.2, 0) is 23.9 Å². The van der Waals surface area contributed by atoms with Crippen molar-refractivity contribution in [3.63, 3.8) is 0 Å². The number of carbonyl (C=O) groups excluding carboxylic acids is 3. The molecule has 2 N–H and O–H groups in total. The van der Waals surface area contributed by atoms with Crippen molar-refractivity contribution in [1.82, 2.24) is 10.6 Å². The summed E-state index contributed by atoms with van der Waals surface area (Å²) in [6, 6.07) is 0. The molecule has 0 saturated heterocycles. The third-order valence-corrected chi connectivity index (χ3v) is 5.52. The highest BCUT2D eigenvalue weighted by atomic mass is 16.5. The number of unbranched alkanes of at least 4 members (excludes halogenated alkanes) is 12. The van der Waals surface area contributed by atoms with Crippen LogP contribution in [0.1, 0.15) is 110 Å². The van der Waals surface area contributed by atoms with E-state index in [9.17, 15) is 14.4 Å². The maximum absolute atomic E-state index is 11.9. The quantitative estimate of drug-likeness (QED) is 0.141. The largest absolute Gasteiger partial charge is 0.379 e. The van der Waals surface area contributed by atoms with Gasteiger partial charge in [-0.05, 0) is 26.2 Å². The Bertz CT molecular complexity index is 460. The van der Waals surface area contributed by atoms with Crippen LogP contribution in [0.15, 0.2) is 0 Å². The molecule has 0 unspecified atom stereocenters. The van der Waals surface area contributed by atoms with Crippen LogP contribution in [0.25, 0.3) is 0 Å². The standard InChI is InChI=1S/C26H50N2O5/c1-2-32-23-24-33-22-20-28-26(31)18-16-19-27-25(30)17-14-12-10-8-6-4-3-5-7-9-11-13-15-21-29/h21H,2-20,22-24H2,1H3,(H,27,30)(H,28,31). The van der Waals surface area contributed by atoms with Gasteiger partial charge in [0.15, 0.2) is 0 Å². The minimum atomic E-state index is -0.00718. The first-order chi connectivity index (χ1) is 16.2. The van der Waals surface area contributed by atoms with Crippen LogP contribution in [0, 0.1) is 0 Å². The van der Waals surface area contributed by atoms with Crippen molar-refractivity contribution >= 4 is 18.1 Å². The van der Waals surface area contributed by atoms with Gasteiger partial charge in [-0.2, -0.15) is 0 Å². The van der Waals surface area contributed by atoms with E-state index in [4.69, 9.17) is 9.47 Å². The van der Waals surface area contributed by atoms with Gasteiger partial charge in [-0.15, -0.1) is 0 Å². The normalized spacial score (nSPS) is 10.8. The molecule has 0 aliphatic carbocycles. The van der Waals surface area contributed by atoms with E-state index < -0.39 is 0 Å². The molecule has 7 heteroatoms. The summed E-state index contributed by atoms with van der Waals surface area (Å²) in [5, 5.41) is 5.72. The fourth-order valence-corrected chi connectivity index (χ4v) is 3.56. The maximum Gasteiger partial charge on any atom is 0.220 e. The summed E-state index contributed by atoms with van der Waals surface area (Å²) in [6.07, 6.45) is 17.9. The number of hydrogen-bond acceptors (Lipinski definition) is 5. The number of ether oxygens (including phenoxy) is 2. The van der Waals surface area contributed by atoms with Crippen molar-refractivity contribution in [3.8, 4) is 0 Å². The second-order valence-corrected chi connectivity index (χ2v) is 8.56. The summed E-state index contributed by atoms with van der Waals surface area (Å²) in [5.74, 6) is 0.0819. The summed E-state index contributed by atoms with van der Waals surface area (Å²) in [7, 11) is 0. The number of nitrogens with one attached hydrogen (secondary N) is 2. The molecule has 0 saturated carbocycles. The van der Waals surface area contributed by atoms with Gasteiger partial charge in [0.05, 0.1) is 19.8 Å². The molecule has 0 aliphatic heterocycles. The average molecular weight is 471 g/mol. The van der Waals surface area contributed by atoms with Gasteiger partial charge in [0, 0.05) is 39.0 Å².